The van der Waals surface area contributed by atoms with E-state index in [9.17, 15) is 15.0 Å². The fraction of sp³-hybridized carbons (Fsp3) is 0.581. The molecule has 38 heavy (non-hydrogen) atoms. The summed E-state index contributed by atoms with van der Waals surface area (Å²) in [7, 11) is -2.07. The molecule has 0 bridgehead atoms. The maximum absolute atomic E-state index is 10.8. The molecule has 3 N–H and O–H groups in total. The van der Waals surface area contributed by atoms with Crippen LogP contribution in [0.25, 0.3) is 0 Å². The maximum atomic E-state index is 10.8. The average Bonchev–Trinajstić information content (AvgIpc) is 2.90. The number of rotatable bonds is 17. The molecule has 0 saturated carbocycles. The van der Waals surface area contributed by atoms with Gasteiger partial charge in [0, 0.05) is 6.42 Å². The molecule has 7 heteroatoms. The van der Waals surface area contributed by atoms with E-state index in [-0.39, 0.29) is 19.4 Å². The zero-order valence-corrected chi connectivity index (χ0v) is 25.2. The third kappa shape index (κ3) is 8.32. The zero-order chi connectivity index (χ0) is 28.3. The van der Waals surface area contributed by atoms with Crippen LogP contribution in [-0.2, 0) is 4.79 Å². The number of ether oxygens (including phenoxy) is 2. The van der Waals surface area contributed by atoms with Gasteiger partial charge in [0.15, 0.2) is 0 Å². The smallest absolute Gasteiger partial charge is 0.303 e. The number of aliphatic carboxylic acids is 1. The van der Waals surface area contributed by atoms with E-state index in [2.05, 4.69) is 51.1 Å². The van der Waals surface area contributed by atoms with Crippen LogP contribution in [0.3, 0.4) is 0 Å². The number of carboxylic acids is 1. The number of benzene rings is 2. The van der Waals surface area contributed by atoms with Crippen molar-refractivity contribution in [3.05, 3.63) is 47.5 Å². The largest absolute Gasteiger partial charge is 0.491 e. The van der Waals surface area contributed by atoms with E-state index in [0.717, 1.165) is 47.6 Å². The summed E-state index contributed by atoms with van der Waals surface area (Å²) >= 11 is 0. The molecule has 2 aromatic rings. The molecule has 0 unspecified atom stereocenters. The summed E-state index contributed by atoms with van der Waals surface area (Å²) in [4.78, 5) is 10.8. The van der Waals surface area contributed by atoms with Crippen molar-refractivity contribution in [2.45, 2.75) is 104 Å². The number of hydrogen-bond donors (Lipinski definition) is 3. The van der Waals surface area contributed by atoms with Crippen LogP contribution >= 0.6 is 0 Å². The highest BCUT2D eigenvalue weighted by Crippen LogP contribution is 2.27. The van der Waals surface area contributed by atoms with E-state index >= 15 is 0 Å². The predicted octanol–water partition coefficient (Wildman–Crippen LogP) is 5.22. The topological polar surface area (TPSA) is 96.2 Å². The molecule has 0 aliphatic heterocycles. The summed E-state index contributed by atoms with van der Waals surface area (Å²) in [6, 6.07) is 15.3. The second-order valence-corrected chi connectivity index (χ2v) is 15.0. The molecule has 0 spiro atoms. The van der Waals surface area contributed by atoms with Crippen LogP contribution in [0.2, 0.25) is 12.1 Å². The van der Waals surface area contributed by atoms with Crippen LogP contribution in [0.1, 0.15) is 77.3 Å². The van der Waals surface area contributed by atoms with Gasteiger partial charge in [-0.3, -0.25) is 4.79 Å². The van der Waals surface area contributed by atoms with Gasteiger partial charge >= 0.3 is 5.97 Å². The third-order valence-corrected chi connectivity index (χ3v) is 13.3. The van der Waals surface area contributed by atoms with Crippen molar-refractivity contribution in [2.24, 2.45) is 0 Å². The van der Waals surface area contributed by atoms with Gasteiger partial charge in [-0.1, -0.05) is 75.2 Å². The predicted molar refractivity (Wildman–Crippen MR) is 157 cm³/mol. The van der Waals surface area contributed by atoms with Crippen molar-refractivity contribution in [2.75, 3.05) is 13.2 Å². The highest BCUT2D eigenvalue weighted by atomic mass is 28.3. The molecule has 0 fully saturated rings. The number of aliphatic hydroxyl groups is 2. The van der Waals surface area contributed by atoms with Crippen LogP contribution in [0.5, 0.6) is 11.5 Å². The lowest BCUT2D eigenvalue weighted by Gasteiger charge is -2.34. The minimum Gasteiger partial charge on any atom is -0.491 e. The first kappa shape index (κ1) is 31.9. The fourth-order valence-corrected chi connectivity index (χ4v) is 10.4. The van der Waals surface area contributed by atoms with Crippen LogP contribution < -0.4 is 19.8 Å². The van der Waals surface area contributed by atoms with E-state index in [0.29, 0.717) is 19.4 Å². The number of aryl methyl sites for hydroxylation is 2. The lowest BCUT2D eigenvalue weighted by molar-refractivity contribution is -0.137. The molecular weight excluding hydrogens is 496 g/mol. The first-order valence-electron chi connectivity index (χ1n) is 14.1. The molecule has 0 aliphatic rings. The first-order chi connectivity index (χ1) is 18.0. The molecule has 6 nitrogen and oxygen atoms in total. The van der Waals surface area contributed by atoms with Gasteiger partial charge in [-0.2, -0.15) is 0 Å². The maximum Gasteiger partial charge on any atom is 0.303 e. The van der Waals surface area contributed by atoms with Crippen LogP contribution in [0.15, 0.2) is 36.4 Å². The Kier molecular flexibility index (Phi) is 12.3. The number of aliphatic hydroxyl groups excluding tert-OH is 1. The van der Waals surface area contributed by atoms with Crippen molar-refractivity contribution in [1.82, 2.24) is 0 Å². The van der Waals surface area contributed by atoms with E-state index in [1.165, 1.54) is 10.4 Å². The Morgan fingerprint density at radius 2 is 1.39 bits per heavy atom. The van der Waals surface area contributed by atoms with Gasteiger partial charge in [-0.15, -0.1) is 0 Å². The summed E-state index contributed by atoms with van der Waals surface area (Å²) in [5.74, 6) is 0.626. The molecule has 0 saturated heterocycles. The molecule has 0 radical (unpaired) electrons. The molecule has 212 valence electrons. The first-order valence-corrected chi connectivity index (χ1v) is 16.6. The van der Waals surface area contributed by atoms with Crippen LogP contribution in [0, 0.1) is 13.8 Å². The Hall–Kier alpha value is -2.35. The lowest BCUT2D eigenvalue weighted by atomic mass is 9.99. The van der Waals surface area contributed by atoms with Crippen molar-refractivity contribution >= 4 is 24.4 Å². The Bertz CT molecular complexity index is 1030. The van der Waals surface area contributed by atoms with Crippen molar-refractivity contribution in [1.29, 1.82) is 0 Å². The van der Waals surface area contributed by atoms with E-state index < -0.39 is 25.7 Å². The second kappa shape index (κ2) is 14.7. The Morgan fingerprint density at radius 3 is 1.82 bits per heavy atom. The standard InChI is InChI=1S/C31H48O6Si/c1-7-17-38(18-8-2,27-13-15-29(24(6)20-27)37-22-31(35,9-3)10-4)26-12-14-28(23(5)19-26)36-21-25(32)11-16-30(33)34/h12-15,19-20,25,32,35H,7-11,16-18,21-22H2,1-6H3,(H,33,34)/t25-/m0/s1. The zero-order valence-electron chi connectivity index (χ0n) is 24.2. The summed E-state index contributed by atoms with van der Waals surface area (Å²) in [5, 5.41) is 32.3. The molecular formula is C31H48O6Si. The normalized spacial score (nSPS) is 12.8. The van der Waals surface area contributed by atoms with Crippen LogP contribution in [0.4, 0.5) is 0 Å². The number of carboxylic acid groups (broad SMARTS) is 1. The molecule has 0 amide bonds. The quantitative estimate of drug-likeness (QED) is 0.236. The summed E-state index contributed by atoms with van der Waals surface area (Å²) in [5.41, 5.74) is 1.31. The van der Waals surface area contributed by atoms with Crippen LogP contribution in [-0.4, -0.2) is 54.3 Å². The number of carbonyl (C=O) groups is 1. The second-order valence-electron chi connectivity index (χ2n) is 10.7. The third-order valence-electron chi connectivity index (χ3n) is 7.74. The minimum absolute atomic E-state index is 0.0752. The summed E-state index contributed by atoms with van der Waals surface area (Å²) in [6.45, 7) is 13.0. The number of hydrogen-bond acceptors (Lipinski definition) is 5. The Labute approximate surface area is 230 Å². The van der Waals surface area contributed by atoms with Gasteiger partial charge < -0.3 is 24.8 Å². The molecule has 1 atom stereocenters. The molecule has 2 aromatic carbocycles. The van der Waals surface area contributed by atoms with Crippen molar-refractivity contribution < 1.29 is 29.6 Å². The van der Waals surface area contributed by atoms with Gasteiger partial charge in [0.05, 0.1) is 11.7 Å². The van der Waals surface area contributed by atoms with Crippen molar-refractivity contribution in [3.63, 3.8) is 0 Å². The minimum atomic E-state index is -2.07. The fourth-order valence-electron chi connectivity index (χ4n) is 5.17. The highest BCUT2D eigenvalue weighted by molar-refractivity contribution is 7.02. The molecule has 0 aromatic heterocycles. The molecule has 0 heterocycles. The average molecular weight is 545 g/mol. The van der Waals surface area contributed by atoms with Crippen molar-refractivity contribution in [3.8, 4) is 11.5 Å². The molecule has 2 rings (SSSR count). The Balaban J connectivity index is 2.34. The van der Waals surface area contributed by atoms with E-state index in [1.54, 1.807) is 0 Å². The highest BCUT2D eigenvalue weighted by Gasteiger charge is 2.36. The monoisotopic (exact) mass is 544 g/mol. The molecule has 0 aliphatic carbocycles. The van der Waals surface area contributed by atoms with Gasteiger partial charge in [-0.05, 0) is 68.5 Å². The van der Waals surface area contributed by atoms with E-state index in [1.807, 2.05) is 26.8 Å². The van der Waals surface area contributed by atoms with E-state index in [4.69, 9.17) is 14.6 Å². The van der Waals surface area contributed by atoms with Gasteiger partial charge in [0.1, 0.15) is 32.8 Å². The Morgan fingerprint density at radius 1 is 0.895 bits per heavy atom. The lowest BCUT2D eigenvalue weighted by Crippen LogP contribution is -2.58. The van der Waals surface area contributed by atoms with Gasteiger partial charge in [-0.25, -0.2) is 0 Å². The summed E-state index contributed by atoms with van der Waals surface area (Å²) < 4.78 is 12.0. The van der Waals surface area contributed by atoms with Gasteiger partial charge in [0.25, 0.3) is 0 Å². The SMILES string of the molecule is CCC[Si](CCC)(c1ccc(OC[C@@H](O)CCC(=O)O)c(C)c1)c1ccc(OCC(O)(CC)CC)c(C)c1. The van der Waals surface area contributed by atoms with Gasteiger partial charge in [0.2, 0.25) is 0 Å². The summed E-state index contributed by atoms with van der Waals surface area (Å²) in [6.07, 6.45) is 2.78.